The number of thioether (sulfide) groups is 1. The molecule has 0 saturated carbocycles. The highest BCUT2D eigenvalue weighted by atomic mass is 32.2. The molecule has 1 aliphatic rings. The summed E-state index contributed by atoms with van der Waals surface area (Å²) in [4.78, 5) is 31.2. The Kier molecular flexibility index (Phi) is 6.50. The van der Waals surface area contributed by atoms with Crippen LogP contribution in [0.25, 0.3) is 17.4 Å². The summed E-state index contributed by atoms with van der Waals surface area (Å²) in [5.41, 5.74) is 5.17. The van der Waals surface area contributed by atoms with Crippen LogP contribution in [0.5, 0.6) is 0 Å². The minimum Gasteiger partial charge on any atom is -0.457 e. The maximum Gasteiger partial charge on any atom is 0.271 e. The number of amidine groups is 1. The molecule has 2 heterocycles. The van der Waals surface area contributed by atoms with Gasteiger partial charge in [-0.05, 0) is 74.5 Å². The van der Waals surface area contributed by atoms with Crippen LogP contribution in [0, 0.1) is 30.9 Å². The van der Waals surface area contributed by atoms with E-state index in [0.29, 0.717) is 27.2 Å². The van der Waals surface area contributed by atoms with Crippen molar-refractivity contribution in [2.75, 3.05) is 4.90 Å². The molecule has 0 atom stereocenters. The van der Waals surface area contributed by atoms with Crippen molar-refractivity contribution < 1.29 is 14.1 Å². The van der Waals surface area contributed by atoms with E-state index in [-0.39, 0.29) is 11.6 Å². The fourth-order valence-electron chi connectivity index (χ4n) is 3.89. The molecular formula is C29H23N3O4S. The van der Waals surface area contributed by atoms with Crippen LogP contribution in [0.1, 0.15) is 22.5 Å². The van der Waals surface area contributed by atoms with Crippen LogP contribution in [-0.2, 0) is 4.79 Å². The average molecular weight is 510 g/mol. The summed E-state index contributed by atoms with van der Waals surface area (Å²) in [5.74, 6) is 0.758. The maximum atomic E-state index is 13.5. The second-order valence-corrected chi connectivity index (χ2v) is 9.78. The number of nitro groups is 1. The van der Waals surface area contributed by atoms with Gasteiger partial charge in [-0.1, -0.05) is 41.5 Å². The molecule has 1 aromatic heterocycles. The first kappa shape index (κ1) is 24.3. The highest BCUT2D eigenvalue weighted by molar-refractivity contribution is 8.19. The third-order valence-electron chi connectivity index (χ3n) is 5.95. The summed E-state index contributed by atoms with van der Waals surface area (Å²) in [6.45, 7) is 5.87. The van der Waals surface area contributed by atoms with Gasteiger partial charge in [-0.15, -0.1) is 0 Å². The zero-order valence-electron chi connectivity index (χ0n) is 20.5. The Morgan fingerprint density at radius 3 is 2.27 bits per heavy atom. The molecular weight excluding hydrogens is 486 g/mol. The number of hydrogen-bond donors (Lipinski definition) is 0. The Balaban J connectivity index is 1.51. The van der Waals surface area contributed by atoms with Crippen molar-refractivity contribution in [3.8, 4) is 11.3 Å². The Morgan fingerprint density at radius 2 is 1.59 bits per heavy atom. The van der Waals surface area contributed by atoms with Crippen molar-refractivity contribution in [2.24, 2.45) is 4.99 Å². The number of carbonyl (C=O) groups is 1. The van der Waals surface area contributed by atoms with Crippen molar-refractivity contribution in [3.05, 3.63) is 116 Å². The third kappa shape index (κ3) is 5.10. The van der Waals surface area contributed by atoms with E-state index in [2.05, 4.69) is 0 Å². The van der Waals surface area contributed by atoms with E-state index in [1.165, 1.54) is 23.9 Å². The lowest BCUT2D eigenvalue weighted by molar-refractivity contribution is -0.384. The number of aliphatic imine (C=N–C) groups is 1. The van der Waals surface area contributed by atoms with Gasteiger partial charge in [-0.25, -0.2) is 4.99 Å². The predicted octanol–water partition coefficient (Wildman–Crippen LogP) is 7.59. The largest absolute Gasteiger partial charge is 0.457 e. The standard InChI is InChI=1S/C29H23N3O4S/c1-18-4-9-21(10-5-18)30-29-31(22-11-6-19(2)7-12-22)28(33)27(37-29)17-24-14-15-26(36-24)25-16-23(32(34)35)13-8-20(25)3/h4-17H,1-3H3/b27-17+,30-29?. The van der Waals surface area contributed by atoms with Crippen molar-refractivity contribution in [1.82, 2.24) is 0 Å². The molecule has 1 amide bonds. The minimum absolute atomic E-state index is 0.0101. The summed E-state index contributed by atoms with van der Waals surface area (Å²) >= 11 is 1.27. The number of benzene rings is 3. The normalized spacial score (nSPS) is 15.6. The second kappa shape index (κ2) is 9.91. The van der Waals surface area contributed by atoms with Gasteiger partial charge in [0.05, 0.1) is 21.2 Å². The van der Waals surface area contributed by atoms with E-state index in [9.17, 15) is 14.9 Å². The van der Waals surface area contributed by atoms with Gasteiger partial charge in [0.25, 0.3) is 11.6 Å². The summed E-state index contributed by atoms with van der Waals surface area (Å²) in [7, 11) is 0. The number of carbonyl (C=O) groups excluding carboxylic acids is 1. The van der Waals surface area contributed by atoms with Gasteiger partial charge >= 0.3 is 0 Å². The number of aryl methyl sites for hydroxylation is 3. The number of non-ortho nitro benzene ring substituents is 1. The van der Waals surface area contributed by atoms with Gasteiger partial charge in [0.2, 0.25) is 0 Å². The smallest absolute Gasteiger partial charge is 0.271 e. The van der Waals surface area contributed by atoms with Crippen LogP contribution in [0.4, 0.5) is 17.1 Å². The topological polar surface area (TPSA) is 89.0 Å². The molecule has 4 aromatic rings. The molecule has 0 bridgehead atoms. The SMILES string of the molecule is Cc1ccc(N=C2S/C(=C/c3ccc(-c4cc([N+](=O)[O-])ccc4C)o3)C(=O)N2c2ccc(C)cc2)cc1. The average Bonchev–Trinajstić information content (AvgIpc) is 3.46. The van der Waals surface area contributed by atoms with Crippen molar-refractivity contribution in [1.29, 1.82) is 0 Å². The van der Waals surface area contributed by atoms with Gasteiger partial charge in [0.15, 0.2) is 5.17 Å². The van der Waals surface area contributed by atoms with Gasteiger partial charge in [0, 0.05) is 23.8 Å². The summed E-state index contributed by atoms with van der Waals surface area (Å²) in [6, 6.07) is 23.7. The third-order valence-corrected chi connectivity index (χ3v) is 6.92. The molecule has 1 saturated heterocycles. The van der Waals surface area contributed by atoms with E-state index in [1.54, 1.807) is 29.2 Å². The highest BCUT2D eigenvalue weighted by Gasteiger charge is 2.35. The molecule has 0 radical (unpaired) electrons. The molecule has 184 valence electrons. The molecule has 0 unspecified atom stereocenters. The van der Waals surface area contributed by atoms with Crippen molar-refractivity contribution in [3.63, 3.8) is 0 Å². The highest BCUT2D eigenvalue weighted by Crippen LogP contribution is 2.38. The fourth-order valence-corrected chi connectivity index (χ4v) is 4.87. The monoisotopic (exact) mass is 509 g/mol. The lowest BCUT2D eigenvalue weighted by atomic mass is 10.1. The summed E-state index contributed by atoms with van der Waals surface area (Å²) in [6.07, 6.45) is 1.68. The van der Waals surface area contributed by atoms with Crippen LogP contribution in [-0.4, -0.2) is 16.0 Å². The van der Waals surface area contributed by atoms with Crippen molar-refractivity contribution >= 4 is 46.0 Å². The molecule has 0 N–H and O–H groups in total. The number of nitrogens with zero attached hydrogens (tertiary/aromatic N) is 3. The van der Waals surface area contributed by atoms with E-state index >= 15 is 0 Å². The molecule has 0 spiro atoms. The predicted molar refractivity (Wildman–Crippen MR) is 148 cm³/mol. The van der Waals surface area contributed by atoms with Crippen LogP contribution in [0.2, 0.25) is 0 Å². The number of furan rings is 1. The van der Waals surface area contributed by atoms with Gasteiger partial charge in [-0.3, -0.25) is 19.8 Å². The number of hydrogen-bond acceptors (Lipinski definition) is 6. The molecule has 37 heavy (non-hydrogen) atoms. The Bertz CT molecular complexity index is 1570. The fraction of sp³-hybridized carbons (Fsp3) is 0.103. The first-order valence-electron chi connectivity index (χ1n) is 11.6. The Morgan fingerprint density at radius 1 is 0.919 bits per heavy atom. The quantitative estimate of drug-likeness (QED) is 0.157. The molecule has 5 rings (SSSR count). The molecule has 1 fully saturated rings. The Labute approximate surface area is 218 Å². The van der Waals surface area contributed by atoms with E-state index in [4.69, 9.17) is 9.41 Å². The lowest BCUT2D eigenvalue weighted by Gasteiger charge is -2.16. The van der Waals surface area contributed by atoms with Crippen LogP contribution >= 0.6 is 11.8 Å². The maximum absolute atomic E-state index is 13.5. The summed E-state index contributed by atoms with van der Waals surface area (Å²) < 4.78 is 6.00. The number of rotatable bonds is 5. The van der Waals surface area contributed by atoms with Crippen LogP contribution in [0.3, 0.4) is 0 Å². The lowest BCUT2D eigenvalue weighted by Crippen LogP contribution is -2.28. The number of anilines is 1. The molecule has 7 nitrogen and oxygen atoms in total. The van der Waals surface area contributed by atoms with E-state index in [0.717, 1.165) is 28.1 Å². The number of amides is 1. The zero-order chi connectivity index (χ0) is 26.1. The van der Waals surface area contributed by atoms with Gasteiger partial charge < -0.3 is 4.42 Å². The van der Waals surface area contributed by atoms with Crippen molar-refractivity contribution in [2.45, 2.75) is 20.8 Å². The van der Waals surface area contributed by atoms with Gasteiger partial charge in [-0.2, -0.15) is 0 Å². The Hall–Kier alpha value is -4.43. The minimum atomic E-state index is -0.433. The molecule has 0 aliphatic carbocycles. The number of nitro benzene ring substituents is 1. The van der Waals surface area contributed by atoms with Gasteiger partial charge in [0.1, 0.15) is 11.5 Å². The van der Waals surface area contributed by atoms with E-state index in [1.807, 2.05) is 69.3 Å². The molecule has 3 aromatic carbocycles. The zero-order valence-corrected chi connectivity index (χ0v) is 21.3. The van der Waals surface area contributed by atoms with E-state index < -0.39 is 4.92 Å². The molecule has 8 heteroatoms. The second-order valence-electron chi connectivity index (χ2n) is 8.78. The molecule has 1 aliphatic heterocycles. The van der Waals surface area contributed by atoms with Crippen LogP contribution in [0.15, 0.2) is 93.2 Å². The van der Waals surface area contributed by atoms with Crippen LogP contribution < -0.4 is 4.90 Å². The summed E-state index contributed by atoms with van der Waals surface area (Å²) in [5, 5.41) is 11.8. The first-order chi connectivity index (χ1) is 17.8. The first-order valence-corrected chi connectivity index (χ1v) is 12.4.